The number of anilines is 2. The monoisotopic (exact) mass is 503 g/mol. The van der Waals surface area contributed by atoms with E-state index < -0.39 is 0 Å². The standard InChI is InChI=1S/C27H26ClN5O3/c1-35-22-12-7-19(8-13-22)17-29-26-31-27(30-18-20-9-14-23(36-2)15-10-20)33(32-26)25(34)16-11-21-5-3-4-6-24(21)28/h3-16H,17-18H2,1-2H3,(H2,29,30,31,32)/b16-11+. The van der Waals surface area contributed by atoms with E-state index in [-0.39, 0.29) is 5.91 Å². The van der Waals surface area contributed by atoms with Gasteiger partial charge < -0.3 is 20.1 Å². The summed E-state index contributed by atoms with van der Waals surface area (Å²) in [6.07, 6.45) is 3.08. The number of nitrogens with zero attached hydrogens (tertiary/aromatic N) is 3. The maximum Gasteiger partial charge on any atom is 0.274 e. The number of rotatable bonds is 10. The molecule has 184 valence electrons. The van der Waals surface area contributed by atoms with Gasteiger partial charge in [-0.1, -0.05) is 54.1 Å². The molecule has 0 radical (unpaired) electrons. The lowest BCUT2D eigenvalue weighted by Gasteiger charge is -2.07. The number of carbonyl (C=O) groups excluding carboxylic acids is 1. The average Bonchev–Trinajstić information content (AvgIpc) is 3.34. The Morgan fingerprint density at radius 1 is 0.889 bits per heavy atom. The van der Waals surface area contributed by atoms with Crippen LogP contribution >= 0.6 is 11.6 Å². The van der Waals surface area contributed by atoms with Crippen LogP contribution in [0.5, 0.6) is 11.5 Å². The first-order chi connectivity index (χ1) is 17.6. The highest BCUT2D eigenvalue weighted by atomic mass is 35.5. The van der Waals surface area contributed by atoms with Crippen LogP contribution in [-0.4, -0.2) is 34.9 Å². The van der Waals surface area contributed by atoms with Crippen LogP contribution in [0.1, 0.15) is 21.5 Å². The molecule has 0 unspecified atom stereocenters. The van der Waals surface area contributed by atoms with Gasteiger partial charge in [-0.25, -0.2) is 0 Å². The number of nitrogens with one attached hydrogen (secondary N) is 2. The predicted octanol–water partition coefficient (Wildman–Crippen LogP) is 5.53. The summed E-state index contributed by atoms with van der Waals surface area (Å²) in [5.74, 6) is 1.82. The molecule has 8 nitrogen and oxygen atoms in total. The first kappa shape index (κ1) is 24.8. The first-order valence-corrected chi connectivity index (χ1v) is 11.6. The van der Waals surface area contributed by atoms with Crippen molar-refractivity contribution in [1.29, 1.82) is 0 Å². The lowest BCUT2D eigenvalue weighted by atomic mass is 10.2. The number of carbonyl (C=O) groups is 1. The summed E-state index contributed by atoms with van der Waals surface area (Å²) in [4.78, 5) is 17.5. The Bertz CT molecular complexity index is 1330. The van der Waals surface area contributed by atoms with Crippen molar-refractivity contribution < 1.29 is 14.3 Å². The molecule has 4 aromatic rings. The largest absolute Gasteiger partial charge is 0.497 e. The third kappa shape index (κ3) is 6.43. The maximum atomic E-state index is 13.0. The molecule has 0 atom stereocenters. The second kappa shape index (κ2) is 11.9. The first-order valence-electron chi connectivity index (χ1n) is 11.2. The van der Waals surface area contributed by atoms with E-state index >= 15 is 0 Å². The fourth-order valence-electron chi connectivity index (χ4n) is 3.35. The number of benzene rings is 3. The smallest absolute Gasteiger partial charge is 0.274 e. The number of allylic oxidation sites excluding steroid dienone is 1. The third-order valence-electron chi connectivity index (χ3n) is 5.35. The summed E-state index contributed by atoms with van der Waals surface area (Å²) < 4.78 is 11.6. The molecule has 3 aromatic carbocycles. The molecule has 0 spiro atoms. The summed E-state index contributed by atoms with van der Waals surface area (Å²) in [6, 6.07) is 22.6. The van der Waals surface area contributed by atoms with E-state index in [9.17, 15) is 4.79 Å². The van der Waals surface area contributed by atoms with Crippen molar-refractivity contribution in [3.05, 3.63) is 101 Å². The van der Waals surface area contributed by atoms with Crippen molar-refractivity contribution in [3.63, 3.8) is 0 Å². The normalized spacial score (nSPS) is 10.9. The Balaban J connectivity index is 1.52. The molecule has 0 bridgehead atoms. The molecule has 0 aliphatic heterocycles. The highest BCUT2D eigenvalue weighted by Crippen LogP contribution is 2.18. The van der Waals surface area contributed by atoms with Crippen LogP contribution in [0.15, 0.2) is 78.9 Å². The van der Waals surface area contributed by atoms with E-state index in [2.05, 4.69) is 20.7 Å². The molecule has 9 heteroatoms. The predicted molar refractivity (Wildman–Crippen MR) is 142 cm³/mol. The SMILES string of the molecule is COc1ccc(CNc2nc(NCc3ccc(OC)cc3)n(C(=O)/C=C/c3ccccc3Cl)n2)cc1. The molecule has 0 saturated carbocycles. The number of halogens is 1. The molecule has 0 saturated heterocycles. The topological polar surface area (TPSA) is 90.3 Å². The van der Waals surface area contributed by atoms with E-state index in [0.717, 1.165) is 28.2 Å². The zero-order valence-corrected chi connectivity index (χ0v) is 20.7. The van der Waals surface area contributed by atoms with Crippen molar-refractivity contribution in [2.75, 3.05) is 24.9 Å². The molecule has 1 heterocycles. The van der Waals surface area contributed by atoms with Crippen LogP contribution in [0.3, 0.4) is 0 Å². The summed E-state index contributed by atoms with van der Waals surface area (Å²) in [5, 5.41) is 11.3. The minimum atomic E-state index is -0.364. The fraction of sp³-hybridized carbons (Fsp3) is 0.148. The molecule has 1 aromatic heterocycles. The van der Waals surface area contributed by atoms with Crippen LogP contribution in [0.2, 0.25) is 5.02 Å². The molecule has 0 fully saturated rings. The van der Waals surface area contributed by atoms with Crippen LogP contribution in [0.4, 0.5) is 11.9 Å². The number of ether oxygens (including phenoxy) is 2. The van der Waals surface area contributed by atoms with Crippen molar-refractivity contribution in [3.8, 4) is 11.5 Å². The van der Waals surface area contributed by atoms with Gasteiger partial charge >= 0.3 is 0 Å². The minimum absolute atomic E-state index is 0.317. The Hall–Kier alpha value is -4.30. The summed E-state index contributed by atoms with van der Waals surface area (Å²) in [7, 11) is 3.25. The third-order valence-corrected chi connectivity index (χ3v) is 5.69. The number of methoxy groups -OCH3 is 2. The zero-order chi connectivity index (χ0) is 25.3. The van der Waals surface area contributed by atoms with Gasteiger partial charge in [0.2, 0.25) is 11.9 Å². The van der Waals surface area contributed by atoms with Crippen molar-refractivity contribution in [2.45, 2.75) is 13.1 Å². The van der Waals surface area contributed by atoms with Gasteiger partial charge in [-0.3, -0.25) is 4.79 Å². The van der Waals surface area contributed by atoms with E-state index in [4.69, 9.17) is 21.1 Å². The van der Waals surface area contributed by atoms with Gasteiger partial charge in [0, 0.05) is 24.2 Å². The lowest BCUT2D eigenvalue weighted by molar-refractivity contribution is 0.0957. The quantitative estimate of drug-likeness (QED) is 0.275. The van der Waals surface area contributed by atoms with Gasteiger partial charge in [0.25, 0.3) is 5.91 Å². The van der Waals surface area contributed by atoms with Crippen molar-refractivity contribution >= 4 is 35.5 Å². The lowest BCUT2D eigenvalue weighted by Crippen LogP contribution is -2.14. The molecular formula is C27H26ClN5O3. The second-order valence-corrected chi connectivity index (χ2v) is 8.17. The van der Waals surface area contributed by atoms with Gasteiger partial charge in [0.15, 0.2) is 0 Å². The van der Waals surface area contributed by atoms with Crippen molar-refractivity contribution in [2.24, 2.45) is 0 Å². The van der Waals surface area contributed by atoms with Crippen LogP contribution in [0.25, 0.3) is 6.08 Å². The van der Waals surface area contributed by atoms with Gasteiger partial charge in [-0.15, -0.1) is 5.10 Å². The molecule has 0 amide bonds. The number of hydrogen-bond donors (Lipinski definition) is 2. The van der Waals surface area contributed by atoms with E-state index in [1.54, 1.807) is 26.4 Å². The van der Waals surface area contributed by atoms with Crippen LogP contribution in [0, 0.1) is 0 Å². The summed E-state index contributed by atoms with van der Waals surface area (Å²) in [5.41, 5.74) is 2.75. The number of aromatic nitrogens is 3. The van der Waals surface area contributed by atoms with E-state index in [1.165, 1.54) is 10.8 Å². The highest BCUT2D eigenvalue weighted by Gasteiger charge is 2.15. The Morgan fingerprint density at radius 3 is 2.06 bits per heavy atom. The number of hydrogen-bond acceptors (Lipinski definition) is 7. The summed E-state index contributed by atoms with van der Waals surface area (Å²) >= 11 is 6.21. The highest BCUT2D eigenvalue weighted by molar-refractivity contribution is 6.32. The Kier molecular flexibility index (Phi) is 8.20. The second-order valence-electron chi connectivity index (χ2n) is 7.77. The van der Waals surface area contributed by atoms with Crippen molar-refractivity contribution in [1.82, 2.24) is 14.8 Å². The van der Waals surface area contributed by atoms with Crippen LogP contribution < -0.4 is 20.1 Å². The molecule has 4 rings (SSSR count). The minimum Gasteiger partial charge on any atom is -0.497 e. The molecule has 2 N–H and O–H groups in total. The maximum absolute atomic E-state index is 13.0. The van der Waals surface area contributed by atoms with E-state index in [1.807, 2.05) is 66.7 Å². The van der Waals surface area contributed by atoms with Gasteiger partial charge in [-0.05, 0) is 53.1 Å². The van der Waals surface area contributed by atoms with Gasteiger partial charge in [0.05, 0.1) is 14.2 Å². The molecular weight excluding hydrogens is 478 g/mol. The molecule has 0 aliphatic carbocycles. The Morgan fingerprint density at radius 2 is 1.47 bits per heavy atom. The van der Waals surface area contributed by atoms with Gasteiger partial charge in [0.1, 0.15) is 11.5 Å². The Labute approximate surface area is 214 Å². The molecule has 36 heavy (non-hydrogen) atoms. The zero-order valence-electron chi connectivity index (χ0n) is 19.9. The van der Waals surface area contributed by atoms with Gasteiger partial charge in [-0.2, -0.15) is 9.67 Å². The van der Waals surface area contributed by atoms with E-state index in [0.29, 0.717) is 30.0 Å². The average molecular weight is 504 g/mol. The van der Waals surface area contributed by atoms with Crippen LogP contribution in [-0.2, 0) is 13.1 Å². The summed E-state index contributed by atoms with van der Waals surface area (Å²) in [6.45, 7) is 0.928. The molecule has 0 aliphatic rings. The fourth-order valence-corrected chi connectivity index (χ4v) is 3.54.